The van der Waals surface area contributed by atoms with Crippen LogP contribution in [0.2, 0.25) is 0 Å². The molecule has 0 atom stereocenters. The van der Waals surface area contributed by atoms with Gasteiger partial charge in [-0.2, -0.15) is 0 Å². The molecule has 0 bridgehead atoms. The quantitative estimate of drug-likeness (QED) is 0.755. The summed E-state index contributed by atoms with van der Waals surface area (Å²) in [5, 5.41) is 0. The molecule has 4 nitrogen and oxygen atoms in total. The minimum atomic E-state index is -0.789. The van der Waals surface area contributed by atoms with E-state index in [0.29, 0.717) is 11.5 Å². The van der Waals surface area contributed by atoms with Crippen molar-refractivity contribution >= 4 is 0 Å². The van der Waals surface area contributed by atoms with Crippen LogP contribution in [0.3, 0.4) is 0 Å². The zero-order chi connectivity index (χ0) is 15.3. The van der Waals surface area contributed by atoms with Gasteiger partial charge in [-0.05, 0) is 48.5 Å². The van der Waals surface area contributed by atoms with Crippen LogP contribution in [0.25, 0.3) is 0 Å². The van der Waals surface area contributed by atoms with Gasteiger partial charge in [0.25, 0.3) is 0 Å². The Balaban J connectivity index is 2.02. The van der Waals surface area contributed by atoms with E-state index >= 15 is 0 Å². The SMILES string of the molecule is COc1ccc(OC(C)(C)Oc2ccc(OC)cc2)cc1. The lowest BCUT2D eigenvalue weighted by Crippen LogP contribution is -2.35. The van der Waals surface area contributed by atoms with Gasteiger partial charge in [0.1, 0.15) is 23.0 Å². The van der Waals surface area contributed by atoms with Crippen LogP contribution in [0.1, 0.15) is 13.8 Å². The van der Waals surface area contributed by atoms with E-state index in [2.05, 4.69) is 0 Å². The molecule has 2 aromatic rings. The molecule has 0 fully saturated rings. The van der Waals surface area contributed by atoms with Crippen molar-refractivity contribution < 1.29 is 18.9 Å². The third kappa shape index (κ3) is 4.31. The van der Waals surface area contributed by atoms with Crippen LogP contribution in [0.5, 0.6) is 23.0 Å². The van der Waals surface area contributed by atoms with E-state index in [1.54, 1.807) is 14.2 Å². The third-order valence-electron chi connectivity index (χ3n) is 2.85. The van der Waals surface area contributed by atoms with Crippen molar-refractivity contribution in [3.8, 4) is 23.0 Å². The number of ether oxygens (including phenoxy) is 4. The minimum Gasteiger partial charge on any atom is -0.497 e. The Kier molecular flexibility index (Phi) is 4.58. The van der Waals surface area contributed by atoms with E-state index in [4.69, 9.17) is 18.9 Å². The summed E-state index contributed by atoms with van der Waals surface area (Å²) in [6, 6.07) is 14.8. The van der Waals surface area contributed by atoms with E-state index in [0.717, 1.165) is 11.5 Å². The fourth-order valence-corrected chi connectivity index (χ4v) is 1.88. The van der Waals surface area contributed by atoms with Gasteiger partial charge in [0.2, 0.25) is 5.79 Å². The highest BCUT2D eigenvalue weighted by atomic mass is 16.7. The molecule has 4 heteroatoms. The number of rotatable bonds is 6. The predicted molar refractivity (Wildman–Crippen MR) is 81.3 cm³/mol. The largest absolute Gasteiger partial charge is 0.497 e. The Morgan fingerprint density at radius 2 is 0.857 bits per heavy atom. The summed E-state index contributed by atoms with van der Waals surface area (Å²) >= 11 is 0. The molecule has 0 heterocycles. The van der Waals surface area contributed by atoms with Crippen LogP contribution >= 0.6 is 0 Å². The second-order valence-electron chi connectivity index (χ2n) is 4.96. The molecule has 0 N–H and O–H groups in total. The van der Waals surface area contributed by atoms with Gasteiger partial charge in [0.15, 0.2) is 0 Å². The molecular formula is C17H20O4. The maximum absolute atomic E-state index is 5.85. The van der Waals surface area contributed by atoms with Gasteiger partial charge in [0.05, 0.1) is 14.2 Å². The van der Waals surface area contributed by atoms with Crippen LogP contribution < -0.4 is 18.9 Å². The van der Waals surface area contributed by atoms with E-state index in [9.17, 15) is 0 Å². The Morgan fingerprint density at radius 1 is 0.571 bits per heavy atom. The lowest BCUT2D eigenvalue weighted by Gasteiger charge is -2.27. The second kappa shape index (κ2) is 6.39. The van der Waals surface area contributed by atoms with Gasteiger partial charge in [-0.25, -0.2) is 0 Å². The topological polar surface area (TPSA) is 36.9 Å². The van der Waals surface area contributed by atoms with Crippen molar-refractivity contribution in [3.63, 3.8) is 0 Å². The molecule has 0 unspecified atom stereocenters. The normalized spacial score (nSPS) is 10.9. The van der Waals surface area contributed by atoms with Crippen LogP contribution in [0.4, 0.5) is 0 Å². The molecule has 0 aliphatic heterocycles. The molecule has 0 spiro atoms. The summed E-state index contributed by atoms with van der Waals surface area (Å²) in [5.74, 6) is 2.22. The first-order chi connectivity index (χ1) is 10.0. The monoisotopic (exact) mass is 288 g/mol. The van der Waals surface area contributed by atoms with Gasteiger partial charge in [-0.15, -0.1) is 0 Å². The summed E-state index contributed by atoms with van der Waals surface area (Å²) in [7, 11) is 3.26. The zero-order valence-electron chi connectivity index (χ0n) is 12.8. The molecular weight excluding hydrogens is 268 g/mol. The molecule has 112 valence electrons. The Morgan fingerprint density at radius 3 is 1.14 bits per heavy atom. The highest BCUT2D eigenvalue weighted by Crippen LogP contribution is 2.25. The highest BCUT2D eigenvalue weighted by Gasteiger charge is 2.22. The summed E-state index contributed by atoms with van der Waals surface area (Å²) in [4.78, 5) is 0. The van der Waals surface area contributed by atoms with Crippen LogP contribution in [-0.4, -0.2) is 20.0 Å². The number of hydrogen-bond donors (Lipinski definition) is 0. The Hall–Kier alpha value is -2.36. The van der Waals surface area contributed by atoms with E-state index < -0.39 is 5.79 Å². The molecule has 0 saturated carbocycles. The fraction of sp³-hybridized carbons (Fsp3) is 0.294. The fourth-order valence-electron chi connectivity index (χ4n) is 1.88. The van der Waals surface area contributed by atoms with Crippen molar-refractivity contribution in [2.24, 2.45) is 0 Å². The van der Waals surface area contributed by atoms with Crippen molar-refractivity contribution in [2.75, 3.05) is 14.2 Å². The molecule has 0 aliphatic rings. The molecule has 21 heavy (non-hydrogen) atoms. The molecule has 0 aliphatic carbocycles. The highest BCUT2D eigenvalue weighted by molar-refractivity contribution is 5.33. The third-order valence-corrected chi connectivity index (χ3v) is 2.85. The van der Waals surface area contributed by atoms with Crippen molar-refractivity contribution in [3.05, 3.63) is 48.5 Å². The van der Waals surface area contributed by atoms with Crippen LogP contribution in [0, 0.1) is 0 Å². The summed E-state index contributed by atoms with van der Waals surface area (Å²) < 4.78 is 21.9. The first-order valence-corrected chi connectivity index (χ1v) is 6.68. The summed E-state index contributed by atoms with van der Waals surface area (Å²) in [6.45, 7) is 3.73. The van der Waals surface area contributed by atoms with Crippen molar-refractivity contribution in [2.45, 2.75) is 19.6 Å². The summed E-state index contributed by atoms with van der Waals surface area (Å²) in [6.07, 6.45) is 0. The van der Waals surface area contributed by atoms with Crippen LogP contribution in [0.15, 0.2) is 48.5 Å². The zero-order valence-corrected chi connectivity index (χ0v) is 12.8. The van der Waals surface area contributed by atoms with Gasteiger partial charge < -0.3 is 18.9 Å². The maximum atomic E-state index is 5.85. The maximum Gasteiger partial charge on any atom is 0.245 e. The van der Waals surface area contributed by atoms with E-state index in [1.807, 2.05) is 62.4 Å². The number of methoxy groups -OCH3 is 2. The number of hydrogen-bond acceptors (Lipinski definition) is 4. The molecule has 0 radical (unpaired) electrons. The van der Waals surface area contributed by atoms with Crippen molar-refractivity contribution in [1.29, 1.82) is 0 Å². The van der Waals surface area contributed by atoms with Gasteiger partial charge in [-0.1, -0.05) is 0 Å². The average Bonchev–Trinajstić information content (AvgIpc) is 2.48. The molecule has 2 rings (SSSR count). The molecule has 0 saturated heterocycles. The van der Waals surface area contributed by atoms with Gasteiger partial charge >= 0.3 is 0 Å². The molecule has 2 aromatic carbocycles. The van der Waals surface area contributed by atoms with Crippen molar-refractivity contribution in [1.82, 2.24) is 0 Å². The first-order valence-electron chi connectivity index (χ1n) is 6.68. The van der Waals surface area contributed by atoms with E-state index in [-0.39, 0.29) is 0 Å². The lowest BCUT2D eigenvalue weighted by atomic mass is 10.3. The second-order valence-corrected chi connectivity index (χ2v) is 4.96. The Bertz CT molecular complexity index is 507. The molecule has 0 amide bonds. The smallest absolute Gasteiger partial charge is 0.245 e. The lowest BCUT2D eigenvalue weighted by molar-refractivity contribution is -0.0810. The van der Waals surface area contributed by atoms with Gasteiger partial charge in [0, 0.05) is 13.8 Å². The van der Waals surface area contributed by atoms with Crippen LogP contribution in [-0.2, 0) is 0 Å². The Labute approximate surface area is 125 Å². The van der Waals surface area contributed by atoms with Gasteiger partial charge in [-0.3, -0.25) is 0 Å². The summed E-state index contributed by atoms with van der Waals surface area (Å²) in [5.41, 5.74) is 0. The standard InChI is InChI=1S/C17H20O4/c1-17(2,20-15-9-5-13(18-3)6-10-15)21-16-11-7-14(19-4)8-12-16/h5-12H,1-4H3. The first kappa shape index (κ1) is 15.0. The number of benzene rings is 2. The predicted octanol–water partition coefficient (Wildman–Crippen LogP) is 3.90. The minimum absolute atomic E-state index is 0.717. The van der Waals surface area contributed by atoms with E-state index in [1.165, 1.54) is 0 Å². The average molecular weight is 288 g/mol. The molecule has 0 aromatic heterocycles.